The minimum atomic E-state index is -1.05. The highest BCUT2D eigenvalue weighted by atomic mass is 16.5. The van der Waals surface area contributed by atoms with Crippen molar-refractivity contribution in [2.75, 3.05) is 24.4 Å². The number of methoxy groups -OCH3 is 2. The number of nitrogens with zero attached hydrogens (tertiary/aromatic N) is 1. The third kappa shape index (κ3) is 5.17. The summed E-state index contributed by atoms with van der Waals surface area (Å²) in [6.07, 6.45) is 0.320. The van der Waals surface area contributed by atoms with Crippen molar-refractivity contribution in [3.05, 3.63) is 94.7 Å². The lowest BCUT2D eigenvalue weighted by Gasteiger charge is -2.35. The fraction of sp³-hybridized carbons (Fsp3) is 0.281. The number of nitrogens with one attached hydrogen (secondary N) is 1. The molecule has 0 spiro atoms. The topological polar surface area (TPSA) is 105 Å². The standard InChI is InChI=1S/C32H32N2O6/c1-19-8-10-20(11-9-19)32-31-24(16-22(17-26(31)35)21-12-13-27(39-2)28(18-21)40-3)33-23-6-4-5-7-25(23)34(32)29(36)14-15-30(37)38/h4-13,18,22,32-33H,14-17H2,1-3H3,(H,37,38)/t22-,32-/m0/s1. The summed E-state index contributed by atoms with van der Waals surface area (Å²) in [4.78, 5) is 40.8. The second kappa shape index (κ2) is 11.3. The maximum Gasteiger partial charge on any atom is 0.303 e. The van der Waals surface area contributed by atoms with E-state index in [0.717, 1.165) is 22.4 Å². The first-order valence-electron chi connectivity index (χ1n) is 13.2. The second-order valence-electron chi connectivity index (χ2n) is 10.1. The Labute approximate surface area is 233 Å². The Morgan fingerprint density at radius 3 is 2.33 bits per heavy atom. The molecule has 1 aliphatic heterocycles. The molecule has 8 heteroatoms. The summed E-state index contributed by atoms with van der Waals surface area (Å²) in [5.74, 6) is -0.371. The average molecular weight is 541 g/mol. The highest BCUT2D eigenvalue weighted by Crippen LogP contribution is 2.48. The number of hydrogen-bond donors (Lipinski definition) is 2. The van der Waals surface area contributed by atoms with E-state index in [2.05, 4.69) is 5.32 Å². The number of carboxylic acid groups (broad SMARTS) is 1. The third-order valence-electron chi connectivity index (χ3n) is 7.58. The second-order valence-corrected chi connectivity index (χ2v) is 10.1. The smallest absolute Gasteiger partial charge is 0.303 e. The Bertz CT molecular complexity index is 1490. The van der Waals surface area contributed by atoms with E-state index in [-0.39, 0.29) is 36.9 Å². The Hall–Kier alpha value is -4.59. The molecule has 0 bridgehead atoms. The Morgan fingerprint density at radius 2 is 1.62 bits per heavy atom. The molecule has 3 aromatic carbocycles. The highest BCUT2D eigenvalue weighted by Gasteiger charge is 2.41. The van der Waals surface area contributed by atoms with Gasteiger partial charge in [0.1, 0.15) is 0 Å². The van der Waals surface area contributed by atoms with E-state index < -0.39 is 12.0 Å². The average Bonchev–Trinajstić information content (AvgIpc) is 3.10. The van der Waals surface area contributed by atoms with Gasteiger partial charge in [-0.2, -0.15) is 0 Å². The zero-order valence-corrected chi connectivity index (χ0v) is 22.8. The molecule has 0 saturated heterocycles. The van der Waals surface area contributed by atoms with Crippen LogP contribution in [-0.4, -0.2) is 37.0 Å². The van der Waals surface area contributed by atoms with Crippen molar-refractivity contribution >= 4 is 29.0 Å². The summed E-state index contributed by atoms with van der Waals surface area (Å²) in [7, 11) is 3.17. The van der Waals surface area contributed by atoms with Crippen LogP contribution >= 0.6 is 0 Å². The molecule has 1 amide bonds. The van der Waals surface area contributed by atoms with Gasteiger partial charge >= 0.3 is 5.97 Å². The monoisotopic (exact) mass is 540 g/mol. The minimum Gasteiger partial charge on any atom is -0.493 e. The number of fused-ring (bicyclic) bond motifs is 1. The van der Waals surface area contributed by atoms with Crippen molar-refractivity contribution in [1.82, 2.24) is 0 Å². The van der Waals surface area contributed by atoms with Crippen LogP contribution in [0, 0.1) is 6.92 Å². The predicted molar refractivity (Wildman–Crippen MR) is 152 cm³/mol. The van der Waals surface area contributed by atoms with Gasteiger partial charge in [-0.1, -0.05) is 48.0 Å². The number of para-hydroxylation sites is 2. The molecule has 0 saturated carbocycles. The lowest BCUT2D eigenvalue weighted by atomic mass is 9.78. The van der Waals surface area contributed by atoms with E-state index in [1.54, 1.807) is 19.1 Å². The normalized spacial score (nSPS) is 18.3. The zero-order valence-electron chi connectivity index (χ0n) is 22.8. The summed E-state index contributed by atoms with van der Waals surface area (Å²) in [6, 6.07) is 20.2. The van der Waals surface area contributed by atoms with E-state index >= 15 is 0 Å². The van der Waals surface area contributed by atoms with Crippen LogP contribution < -0.4 is 19.7 Å². The number of carbonyl (C=O) groups is 3. The van der Waals surface area contributed by atoms with Crippen molar-refractivity contribution in [3.63, 3.8) is 0 Å². The van der Waals surface area contributed by atoms with Crippen molar-refractivity contribution in [2.45, 2.75) is 44.6 Å². The van der Waals surface area contributed by atoms with Gasteiger partial charge in [-0.3, -0.25) is 19.3 Å². The number of rotatable bonds is 7. The molecule has 1 aliphatic carbocycles. The van der Waals surface area contributed by atoms with Gasteiger partial charge in [-0.05, 0) is 54.7 Å². The number of allylic oxidation sites excluding steroid dienone is 1. The van der Waals surface area contributed by atoms with Crippen molar-refractivity contribution < 1.29 is 29.0 Å². The number of carboxylic acids is 1. The third-order valence-corrected chi connectivity index (χ3v) is 7.58. The molecule has 1 heterocycles. The number of amides is 1. The molecule has 8 nitrogen and oxygen atoms in total. The molecule has 0 radical (unpaired) electrons. The highest BCUT2D eigenvalue weighted by molar-refractivity contribution is 6.06. The number of Topliss-reactive ketones (excluding diaryl/α,β-unsaturated/α-hetero) is 1. The Morgan fingerprint density at radius 1 is 0.925 bits per heavy atom. The fourth-order valence-electron chi connectivity index (χ4n) is 5.61. The summed E-state index contributed by atoms with van der Waals surface area (Å²) in [5, 5.41) is 12.8. The number of aliphatic carboxylic acids is 1. The van der Waals surface area contributed by atoms with Crippen molar-refractivity contribution in [1.29, 1.82) is 0 Å². The SMILES string of the molecule is COc1ccc([C@@H]2CC(=O)C3=C(C2)Nc2ccccc2N(C(=O)CCC(=O)O)[C@H]3c2ccc(C)cc2)cc1OC. The summed E-state index contributed by atoms with van der Waals surface area (Å²) in [6.45, 7) is 1.98. The molecule has 206 valence electrons. The van der Waals surface area contributed by atoms with Gasteiger partial charge < -0.3 is 19.9 Å². The van der Waals surface area contributed by atoms with Crippen molar-refractivity contribution in [2.24, 2.45) is 0 Å². The number of ether oxygens (including phenoxy) is 2. The largest absolute Gasteiger partial charge is 0.493 e. The number of anilines is 2. The van der Waals surface area contributed by atoms with Crippen LogP contribution in [0.2, 0.25) is 0 Å². The number of carbonyl (C=O) groups excluding carboxylic acids is 2. The van der Waals surface area contributed by atoms with Gasteiger partial charge in [0.25, 0.3) is 0 Å². The zero-order chi connectivity index (χ0) is 28.4. The molecule has 3 aromatic rings. The van der Waals surface area contributed by atoms with Crippen LogP contribution in [0.1, 0.15) is 54.3 Å². The first kappa shape index (κ1) is 27.0. The number of hydrogen-bond acceptors (Lipinski definition) is 6. The molecule has 0 fully saturated rings. The predicted octanol–water partition coefficient (Wildman–Crippen LogP) is 5.78. The van der Waals surface area contributed by atoms with E-state index in [1.807, 2.05) is 73.7 Å². The minimum absolute atomic E-state index is 0.0667. The van der Waals surface area contributed by atoms with Crippen LogP contribution in [0.25, 0.3) is 0 Å². The molecule has 2 aliphatic rings. The lowest BCUT2D eigenvalue weighted by molar-refractivity contribution is -0.138. The quantitative estimate of drug-likeness (QED) is 0.392. The van der Waals surface area contributed by atoms with Gasteiger partial charge in [-0.15, -0.1) is 0 Å². The summed E-state index contributed by atoms with van der Waals surface area (Å²) in [5.41, 5.74) is 5.37. The molecule has 2 N–H and O–H groups in total. The molecule has 0 aromatic heterocycles. The summed E-state index contributed by atoms with van der Waals surface area (Å²) < 4.78 is 10.9. The van der Waals surface area contributed by atoms with Crippen LogP contribution in [0.3, 0.4) is 0 Å². The Balaban J connectivity index is 1.65. The molecular formula is C32H32N2O6. The van der Waals surface area contributed by atoms with Gasteiger partial charge in [0.05, 0.1) is 38.1 Å². The van der Waals surface area contributed by atoms with Crippen LogP contribution in [-0.2, 0) is 14.4 Å². The van der Waals surface area contributed by atoms with E-state index in [0.29, 0.717) is 34.9 Å². The maximum absolute atomic E-state index is 14.1. The van der Waals surface area contributed by atoms with Crippen LogP contribution in [0.4, 0.5) is 11.4 Å². The van der Waals surface area contributed by atoms with Crippen LogP contribution in [0.5, 0.6) is 11.5 Å². The first-order chi connectivity index (χ1) is 19.3. The molecule has 0 unspecified atom stereocenters. The molecule has 2 atom stereocenters. The number of benzene rings is 3. The van der Waals surface area contributed by atoms with E-state index in [4.69, 9.17) is 9.47 Å². The van der Waals surface area contributed by atoms with Gasteiger partial charge in [0.2, 0.25) is 5.91 Å². The van der Waals surface area contributed by atoms with Crippen LogP contribution in [0.15, 0.2) is 78.0 Å². The number of aryl methyl sites for hydroxylation is 1. The van der Waals surface area contributed by atoms with Gasteiger partial charge in [0.15, 0.2) is 17.3 Å². The molecular weight excluding hydrogens is 508 g/mol. The van der Waals surface area contributed by atoms with E-state index in [1.165, 1.54) is 0 Å². The fourth-order valence-corrected chi connectivity index (χ4v) is 5.61. The van der Waals surface area contributed by atoms with Gasteiger partial charge in [0, 0.05) is 24.1 Å². The molecule has 5 rings (SSSR count). The molecule has 40 heavy (non-hydrogen) atoms. The Kier molecular flexibility index (Phi) is 7.60. The van der Waals surface area contributed by atoms with E-state index in [9.17, 15) is 19.5 Å². The summed E-state index contributed by atoms with van der Waals surface area (Å²) >= 11 is 0. The van der Waals surface area contributed by atoms with Gasteiger partial charge in [-0.25, -0.2) is 0 Å². The lowest BCUT2D eigenvalue weighted by Crippen LogP contribution is -2.38. The maximum atomic E-state index is 14.1. The number of ketones is 1. The first-order valence-corrected chi connectivity index (χ1v) is 13.2. The van der Waals surface area contributed by atoms with Crippen molar-refractivity contribution in [3.8, 4) is 11.5 Å².